The molecule has 0 aromatic rings. The molecule has 0 fully saturated rings. The van der Waals surface area contributed by atoms with Crippen LogP contribution in [0.2, 0.25) is 0 Å². The second-order valence-electron chi connectivity index (χ2n) is 1.64. The van der Waals surface area contributed by atoms with E-state index in [0.29, 0.717) is 5.71 Å². The Bertz CT molecular complexity index is 208. The van der Waals surface area contributed by atoms with Crippen molar-refractivity contribution in [3.63, 3.8) is 0 Å². The van der Waals surface area contributed by atoms with Gasteiger partial charge in [-0.1, -0.05) is 22.5 Å². The predicted octanol–water partition coefficient (Wildman–Crippen LogP) is 1.24. The van der Waals surface area contributed by atoms with Crippen molar-refractivity contribution in [1.29, 1.82) is 0 Å². The molecule has 0 atom stereocenters. The van der Waals surface area contributed by atoms with Crippen LogP contribution in [0.25, 0.3) is 0 Å². The number of Topliss-reactive ketones (excluding diaryl/α,β-unsaturated/α-hetero) is 1. The number of alkyl halides is 1. The Labute approximate surface area is 74.1 Å². The molecule has 0 unspecified atom stereocenters. The molecule has 3 nitrogen and oxygen atoms in total. The molecule has 0 N–H and O–H groups in total. The Balaban J connectivity index is 4.46. The molecular weight excluding hydrogens is 208 g/mol. The molecule has 0 saturated heterocycles. The van der Waals surface area contributed by atoms with E-state index in [1.54, 1.807) is 7.05 Å². The van der Waals surface area contributed by atoms with Crippen molar-refractivity contribution < 1.29 is 4.79 Å². The fourth-order valence-corrected chi connectivity index (χ4v) is 0.754. The van der Waals surface area contributed by atoms with E-state index in [1.807, 2.05) is 0 Å². The van der Waals surface area contributed by atoms with Gasteiger partial charge in [0.05, 0.1) is 11.5 Å². The predicted molar refractivity (Wildman–Crippen MR) is 50.8 cm³/mol. The maximum absolute atomic E-state index is 11.0. The van der Waals surface area contributed by atoms with Gasteiger partial charge >= 0.3 is 0 Å². The summed E-state index contributed by atoms with van der Waals surface area (Å²) in [6.45, 7) is 3.38. The van der Waals surface area contributed by atoms with E-state index >= 15 is 0 Å². The maximum Gasteiger partial charge on any atom is 0.193 e. The van der Waals surface area contributed by atoms with Gasteiger partial charge in [-0.05, 0) is 0 Å². The van der Waals surface area contributed by atoms with Crippen molar-refractivity contribution in [1.82, 2.24) is 0 Å². The van der Waals surface area contributed by atoms with Crippen molar-refractivity contribution >= 4 is 33.6 Å². The molecule has 0 aliphatic rings. The van der Waals surface area contributed by atoms with Crippen LogP contribution in [0.3, 0.4) is 0 Å². The highest BCUT2D eigenvalue weighted by Gasteiger charge is 2.04. The summed E-state index contributed by atoms with van der Waals surface area (Å²) in [5.41, 5.74) is 0.319. The first kappa shape index (κ1) is 10.2. The number of carbonyl (C=O) groups is 1. The van der Waals surface area contributed by atoms with Crippen molar-refractivity contribution in [3.05, 3.63) is 12.8 Å². The highest BCUT2D eigenvalue weighted by Crippen LogP contribution is 1.87. The average molecular weight is 217 g/mol. The van der Waals surface area contributed by atoms with Crippen molar-refractivity contribution in [2.24, 2.45) is 9.98 Å². The van der Waals surface area contributed by atoms with Gasteiger partial charge in [-0.2, -0.15) is 0 Å². The molecule has 0 aromatic heterocycles. The summed E-state index contributed by atoms with van der Waals surface area (Å²) in [4.78, 5) is 18.4. The standard InChI is InChI=1S/C7H9BrN2O/c1-3-10-6(5-9-2)7(11)4-8/h3,5H,1,4H2,2H3. The minimum atomic E-state index is -0.101. The molecule has 0 heterocycles. The second-order valence-corrected chi connectivity index (χ2v) is 2.20. The first-order valence-electron chi connectivity index (χ1n) is 2.96. The topological polar surface area (TPSA) is 41.8 Å². The molecule has 0 saturated carbocycles. The van der Waals surface area contributed by atoms with Gasteiger partial charge in [0.25, 0.3) is 0 Å². The zero-order valence-corrected chi connectivity index (χ0v) is 7.84. The SMILES string of the molecule is C=CN=C(C=NC)C(=O)CBr. The van der Waals surface area contributed by atoms with Crippen LogP contribution in [-0.4, -0.2) is 30.1 Å². The van der Waals surface area contributed by atoms with Crippen molar-refractivity contribution in [3.8, 4) is 0 Å². The van der Waals surface area contributed by atoms with E-state index in [1.165, 1.54) is 12.4 Å². The summed E-state index contributed by atoms with van der Waals surface area (Å²) in [5.74, 6) is -0.101. The van der Waals surface area contributed by atoms with Gasteiger partial charge < -0.3 is 0 Å². The van der Waals surface area contributed by atoms with Gasteiger partial charge in [-0.15, -0.1) is 0 Å². The number of carbonyl (C=O) groups excluding carboxylic acids is 1. The molecule has 4 heteroatoms. The van der Waals surface area contributed by atoms with E-state index in [-0.39, 0.29) is 11.1 Å². The van der Waals surface area contributed by atoms with Gasteiger partial charge in [0.2, 0.25) is 0 Å². The number of halogens is 1. The van der Waals surface area contributed by atoms with Crippen LogP contribution < -0.4 is 0 Å². The van der Waals surface area contributed by atoms with Crippen molar-refractivity contribution in [2.75, 3.05) is 12.4 Å². The van der Waals surface area contributed by atoms with Gasteiger partial charge in [-0.25, -0.2) is 0 Å². The minimum absolute atomic E-state index is 0.101. The highest BCUT2D eigenvalue weighted by atomic mass is 79.9. The summed E-state index contributed by atoms with van der Waals surface area (Å²) in [6, 6.07) is 0. The second kappa shape index (κ2) is 5.97. The Morgan fingerprint density at radius 2 is 2.36 bits per heavy atom. The summed E-state index contributed by atoms with van der Waals surface area (Å²) < 4.78 is 0. The molecule has 0 aliphatic heterocycles. The van der Waals surface area contributed by atoms with Crippen LogP contribution in [0.1, 0.15) is 0 Å². The third kappa shape index (κ3) is 3.83. The van der Waals surface area contributed by atoms with Gasteiger partial charge in [0.15, 0.2) is 5.78 Å². The quantitative estimate of drug-likeness (QED) is 0.515. The first-order chi connectivity index (χ1) is 5.26. The molecular formula is C7H9BrN2O. The molecule has 0 spiro atoms. The molecule has 0 bridgehead atoms. The number of hydrogen-bond acceptors (Lipinski definition) is 3. The molecule has 0 radical (unpaired) electrons. The normalized spacial score (nSPS) is 12.0. The van der Waals surface area contributed by atoms with Crippen LogP contribution >= 0.6 is 15.9 Å². The summed E-state index contributed by atoms with van der Waals surface area (Å²) >= 11 is 3.03. The maximum atomic E-state index is 11.0. The minimum Gasteiger partial charge on any atom is -0.294 e. The molecule has 0 rings (SSSR count). The Morgan fingerprint density at radius 3 is 2.73 bits per heavy atom. The zero-order valence-electron chi connectivity index (χ0n) is 6.25. The summed E-state index contributed by atoms with van der Waals surface area (Å²) in [5, 5.41) is 0.256. The summed E-state index contributed by atoms with van der Waals surface area (Å²) in [7, 11) is 1.58. The van der Waals surface area contributed by atoms with Crippen LogP contribution in [0.5, 0.6) is 0 Å². The molecule has 11 heavy (non-hydrogen) atoms. The lowest BCUT2D eigenvalue weighted by molar-refractivity contribution is -0.110. The number of rotatable bonds is 4. The zero-order chi connectivity index (χ0) is 8.69. The molecule has 60 valence electrons. The van der Waals surface area contributed by atoms with Crippen LogP contribution in [-0.2, 0) is 4.79 Å². The van der Waals surface area contributed by atoms with E-state index in [2.05, 4.69) is 32.5 Å². The van der Waals surface area contributed by atoms with Crippen molar-refractivity contribution in [2.45, 2.75) is 0 Å². The Hall–Kier alpha value is -0.770. The average Bonchev–Trinajstić information content (AvgIpc) is 2.03. The number of hydrogen-bond donors (Lipinski definition) is 0. The Morgan fingerprint density at radius 1 is 1.73 bits per heavy atom. The van der Waals surface area contributed by atoms with Crippen LogP contribution in [0.15, 0.2) is 22.8 Å². The first-order valence-corrected chi connectivity index (χ1v) is 4.08. The lowest BCUT2D eigenvalue weighted by atomic mass is 10.3. The number of nitrogens with zero attached hydrogens (tertiary/aromatic N) is 2. The highest BCUT2D eigenvalue weighted by molar-refractivity contribution is 9.09. The Kier molecular flexibility index (Phi) is 5.56. The van der Waals surface area contributed by atoms with Gasteiger partial charge in [0, 0.05) is 13.2 Å². The summed E-state index contributed by atoms with van der Waals surface area (Å²) in [6.07, 6.45) is 2.73. The number of ketones is 1. The monoisotopic (exact) mass is 216 g/mol. The van der Waals surface area contributed by atoms with Gasteiger partial charge in [-0.3, -0.25) is 14.8 Å². The number of aliphatic imine (C=N–C) groups is 2. The fraction of sp³-hybridized carbons (Fsp3) is 0.286. The molecule has 0 amide bonds. The molecule has 0 aromatic carbocycles. The van der Waals surface area contributed by atoms with E-state index in [0.717, 1.165) is 0 Å². The van der Waals surface area contributed by atoms with Crippen LogP contribution in [0.4, 0.5) is 0 Å². The molecule has 0 aliphatic carbocycles. The van der Waals surface area contributed by atoms with Gasteiger partial charge in [0.1, 0.15) is 5.71 Å². The lowest BCUT2D eigenvalue weighted by Gasteiger charge is -1.91. The third-order valence-electron chi connectivity index (χ3n) is 0.889. The smallest absolute Gasteiger partial charge is 0.193 e. The lowest BCUT2D eigenvalue weighted by Crippen LogP contribution is -2.16. The third-order valence-corrected chi connectivity index (χ3v) is 1.40. The fourth-order valence-electron chi connectivity index (χ4n) is 0.466. The largest absolute Gasteiger partial charge is 0.294 e. The van der Waals surface area contributed by atoms with E-state index in [9.17, 15) is 4.79 Å². The van der Waals surface area contributed by atoms with E-state index in [4.69, 9.17) is 0 Å². The van der Waals surface area contributed by atoms with Crippen LogP contribution in [0, 0.1) is 0 Å². The van der Waals surface area contributed by atoms with E-state index < -0.39 is 0 Å².